The average Bonchev–Trinajstić information content (AvgIpc) is 3.05. The van der Waals surface area contributed by atoms with E-state index in [1.165, 1.54) is 4.68 Å². The smallest absolute Gasteiger partial charge is 0.283 e. The molecular weight excluding hydrogens is 286 g/mol. The lowest BCUT2D eigenvalue weighted by Crippen LogP contribution is -2.30. The standard InChI is InChI=1S/C11H16BrN3O2/c1-7(2)15-10(17)9(12)8(5-13-15)14-11(6-16)3-4-11/h5,7,14,16H,3-4,6H2,1-2H3. The number of aromatic nitrogens is 2. The van der Waals surface area contributed by atoms with Crippen molar-refractivity contribution in [2.24, 2.45) is 0 Å². The Balaban J connectivity index is 2.31. The van der Waals surface area contributed by atoms with E-state index in [0.717, 1.165) is 12.8 Å². The largest absolute Gasteiger partial charge is 0.394 e. The predicted octanol–water partition coefficient (Wildman–Crippen LogP) is 1.52. The average molecular weight is 302 g/mol. The molecule has 0 amide bonds. The van der Waals surface area contributed by atoms with Gasteiger partial charge in [0.05, 0.1) is 30.1 Å². The minimum atomic E-state index is -0.249. The van der Waals surface area contributed by atoms with Crippen molar-refractivity contribution in [1.29, 1.82) is 0 Å². The first-order valence-electron chi connectivity index (χ1n) is 5.65. The highest BCUT2D eigenvalue weighted by Gasteiger charge is 2.42. The quantitative estimate of drug-likeness (QED) is 0.885. The molecule has 5 nitrogen and oxygen atoms in total. The van der Waals surface area contributed by atoms with Gasteiger partial charge in [-0.2, -0.15) is 5.10 Å². The second-order valence-corrected chi connectivity index (χ2v) is 5.57. The van der Waals surface area contributed by atoms with Crippen molar-refractivity contribution >= 4 is 21.6 Å². The fourth-order valence-corrected chi connectivity index (χ4v) is 2.04. The number of halogens is 1. The highest BCUT2D eigenvalue weighted by molar-refractivity contribution is 9.10. The Morgan fingerprint density at radius 2 is 2.29 bits per heavy atom. The van der Waals surface area contributed by atoms with E-state index in [4.69, 9.17) is 0 Å². The van der Waals surface area contributed by atoms with Gasteiger partial charge in [0.2, 0.25) is 0 Å². The summed E-state index contributed by atoms with van der Waals surface area (Å²) in [5.41, 5.74) is 0.248. The van der Waals surface area contributed by atoms with Crippen molar-refractivity contribution in [3.63, 3.8) is 0 Å². The first kappa shape index (κ1) is 12.6. The second kappa shape index (κ2) is 4.42. The summed E-state index contributed by atoms with van der Waals surface area (Å²) in [7, 11) is 0. The van der Waals surface area contributed by atoms with Crippen molar-refractivity contribution in [2.75, 3.05) is 11.9 Å². The normalized spacial score (nSPS) is 17.2. The zero-order valence-corrected chi connectivity index (χ0v) is 11.5. The zero-order valence-electron chi connectivity index (χ0n) is 9.90. The van der Waals surface area contributed by atoms with E-state index in [1.54, 1.807) is 6.20 Å². The molecule has 6 heteroatoms. The predicted molar refractivity (Wildman–Crippen MR) is 69.3 cm³/mol. The molecule has 17 heavy (non-hydrogen) atoms. The third-order valence-corrected chi connectivity index (χ3v) is 3.76. The molecule has 2 N–H and O–H groups in total. The lowest BCUT2D eigenvalue weighted by molar-refractivity contribution is 0.266. The fourth-order valence-electron chi connectivity index (χ4n) is 1.66. The molecule has 2 rings (SSSR count). The molecule has 1 fully saturated rings. The number of aliphatic hydroxyl groups excluding tert-OH is 1. The Morgan fingerprint density at radius 1 is 1.65 bits per heavy atom. The Kier molecular flexibility index (Phi) is 3.27. The van der Waals surface area contributed by atoms with Crippen LogP contribution in [0.4, 0.5) is 5.69 Å². The van der Waals surface area contributed by atoms with Gasteiger partial charge in [-0.3, -0.25) is 4.79 Å². The van der Waals surface area contributed by atoms with Gasteiger partial charge in [-0.15, -0.1) is 0 Å². The van der Waals surface area contributed by atoms with Crippen LogP contribution in [-0.2, 0) is 0 Å². The number of rotatable bonds is 4. The summed E-state index contributed by atoms with van der Waals surface area (Å²) < 4.78 is 1.90. The first-order valence-corrected chi connectivity index (χ1v) is 6.45. The summed E-state index contributed by atoms with van der Waals surface area (Å²) in [4.78, 5) is 12.0. The van der Waals surface area contributed by atoms with Gasteiger partial charge in [-0.1, -0.05) is 0 Å². The lowest BCUT2D eigenvalue weighted by Gasteiger charge is -2.17. The number of hydrogen-bond donors (Lipinski definition) is 2. The molecule has 1 saturated carbocycles. The maximum atomic E-state index is 12.0. The van der Waals surface area contributed by atoms with Crippen LogP contribution >= 0.6 is 15.9 Å². The van der Waals surface area contributed by atoms with Crippen molar-refractivity contribution in [3.8, 4) is 0 Å². The maximum Gasteiger partial charge on any atom is 0.283 e. The lowest BCUT2D eigenvalue weighted by atomic mass is 10.3. The molecule has 0 unspecified atom stereocenters. The Hall–Kier alpha value is -0.880. The minimum absolute atomic E-state index is 0.0283. The molecule has 0 spiro atoms. The third-order valence-electron chi connectivity index (χ3n) is 2.99. The summed E-state index contributed by atoms with van der Waals surface area (Å²) in [6.07, 6.45) is 3.47. The number of hydrogen-bond acceptors (Lipinski definition) is 4. The van der Waals surface area contributed by atoms with Crippen LogP contribution in [0.2, 0.25) is 0 Å². The third kappa shape index (κ3) is 2.37. The topological polar surface area (TPSA) is 67.2 Å². The van der Waals surface area contributed by atoms with Gasteiger partial charge in [-0.05, 0) is 42.6 Å². The summed E-state index contributed by atoms with van der Waals surface area (Å²) in [5.74, 6) is 0. The van der Waals surface area contributed by atoms with Gasteiger partial charge in [0.1, 0.15) is 4.47 Å². The molecule has 0 bridgehead atoms. The van der Waals surface area contributed by atoms with Gasteiger partial charge in [0.25, 0.3) is 5.56 Å². The van der Waals surface area contributed by atoms with Crippen LogP contribution in [0.15, 0.2) is 15.5 Å². The van der Waals surface area contributed by atoms with E-state index >= 15 is 0 Å². The molecule has 1 aliphatic rings. The van der Waals surface area contributed by atoms with Crippen LogP contribution < -0.4 is 10.9 Å². The van der Waals surface area contributed by atoms with Crippen LogP contribution in [0.25, 0.3) is 0 Å². The van der Waals surface area contributed by atoms with Gasteiger partial charge in [-0.25, -0.2) is 4.68 Å². The van der Waals surface area contributed by atoms with Gasteiger partial charge < -0.3 is 10.4 Å². The molecule has 1 aliphatic carbocycles. The van der Waals surface area contributed by atoms with Crippen LogP contribution in [0.1, 0.15) is 32.7 Å². The van der Waals surface area contributed by atoms with Crippen LogP contribution in [0.3, 0.4) is 0 Å². The van der Waals surface area contributed by atoms with E-state index in [1.807, 2.05) is 13.8 Å². The Bertz CT molecular complexity index is 480. The molecule has 0 saturated heterocycles. The molecule has 1 aromatic heterocycles. The van der Waals surface area contributed by atoms with E-state index < -0.39 is 0 Å². The number of anilines is 1. The number of aliphatic hydroxyl groups is 1. The highest BCUT2D eigenvalue weighted by Crippen LogP contribution is 2.39. The van der Waals surface area contributed by atoms with E-state index in [-0.39, 0.29) is 23.7 Å². The molecule has 0 radical (unpaired) electrons. The summed E-state index contributed by atoms with van der Waals surface area (Å²) in [6.45, 7) is 3.89. The molecule has 1 aromatic rings. The molecule has 0 aliphatic heterocycles. The van der Waals surface area contributed by atoms with Crippen molar-refractivity contribution < 1.29 is 5.11 Å². The van der Waals surface area contributed by atoms with E-state index in [0.29, 0.717) is 10.2 Å². The molecule has 94 valence electrons. The second-order valence-electron chi connectivity index (χ2n) is 4.78. The zero-order chi connectivity index (χ0) is 12.6. The molecule has 0 atom stereocenters. The van der Waals surface area contributed by atoms with Gasteiger partial charge in [0.15, 0.2) is 0 Å². The monoisotopic (exact) mass is 301 g/mol. The molecular formula is C11H16BrN3O2. The Morgan fingerprint density at radius 3 is 2.76 bits per heavy atom. The summed E-state index contributed by atoms with van der Waals surface area (Å²) in [6, 6.07) is 0.0283. The van der Waals surface area contributed by atoms with Crippen LogP contribution in [0.5, 0.6) is 0 Å². The SMILES string of the molecule is CC(C)n1ncc(NC2(CO)CC2)c(Br)c1=O. The van der Waals surface area contributed by atoms with Crippen molar-refractivity contribution in [3.05, 3.63) is 21.0 Å². The van der Waals surface area contributed by atoms with Crippen molar-refractivity contribution in [1.82, 2.24) is 9.78 Å². The molecule has 1 heterocycles. The number of nitrogens with one attached hydrogen (secondary N) is 1. The van der Waals surface area contributed by atoms with E-state index in [2.05, 4.69) is 26.3 Å². The van der Waals surface area contributed by atoms with Crippen LogP contribution in [0, 0.1) is 0 Å². The molecule has 0 aromatic carbocycles. The van der Waals surface area contributed by atoms with Gasteiger partial charge >= 0.3 is 0 Å². The minimum Gasteiger partial charge on any atom is -0.394 e. The summed E-state index contributed by atoms with van der Waals surface area (Å²) in [5, 5.41) is 16.5. The highest BCUT2D eigenvalue weighted by atomic mass is 79.9. The number of nitrogens with zero attached hydrogens (tertiary/aromatic N) is 2. The first-order chi connectivity index (χ1) is 7.99. The maximum absolute atomic E-state index is 12.0. The van der Waals surface area contributed by atoms with E-state index in [9.17, 15) is 9.90 Å². The Labute approximate surface area is 108 Å². The van der Waals surface area contributed by atoms with Gasteiger partial charge in [0, 0.05) is 0 Å². The van der Waals surface area contributed by atoms with Crippen LogP contribution in [-0.4, -0.2) is 27.0 Å². The fraction of sp³-hybridized carbons (Fsp3) is 0.636. The summed E-state index contributed by atoms with van der Waals surface area (Å²) >= 11 is 3.29. The van der Waals surface area contributed by atoms with Crippen molar-refractivity contribution in [2.45, 2.75) is 38.3 Å².